The fourth-order valence-corrected chi connectivity index (χ4v) is 6.36. The van der Waals surface area contributed by atoms with E-state index < -0.39 is 9.84 Å². The fraction of sp³-hybridized carbons (Fsp3) is 0.611. The number of H-pyrrole nitrogens is 1. The molecule has 2 saturated heterocycles. The van der Waals surface area contributed by atoms with E-state index in [0.29, 0.717) is 22.2 Å². The number of fused-ring (bicyclic) bond motifs is 2. The second-order valence-corrected chi connectivity index (χ2v) is 9.53. The third-order valence-corrected chi connectivity index (χ3v) is 7.45. The summed E-state index contributed by atoms with van der Waals surface area (Å²) in [5.41, 5.74) is 2.00. The summed E-state index contributed by atoms with van der Waals surface area (Å²) in [6, 6.07) is 4.16. The number of nitrogens with one attached hydrogen (secondary N) is 1. The van der Waals surface area contributed by atoms with E-state index in [1.807, 2.05) is 19.1 Å². The lowest BCUT2D eigenvalue weighted by Gasteiger charge is -2.38. The normalized spacial score (nSPS) is 25.7. The van der Waals surface area contributed by atoms with Crippen molar-refractivity contribution < 1.29 is 13.2 Å². The Labute approximate surface area is 159 Å². The Balaban J connectivity index is 1.46. The largest absolute Gasteiger partial charge is 0.473 e. The van der Waals surface area contributed by atoms with Crippen molar-refractivity contribution in [3.63, 3.8) is 0 Å². The Kier molecular flexibility index (Phi) is 4.67. The van der Waals surface area contributed by atoms with Gasteiger partial charge in [0, 0.05) is 18.2 Å². The molecule has 2 aliphatic heterocycles. The van der Waals surface area contributed by atoms with E-state index in [4.69, 9.17) is 4.74 Å². The molecule has 9 heteroatoms. The smallest absolute Gasteiger partial charge is 0.233 e. The van der Waals surface area contributed by atoms with Crippen LogP contribution in [0, 0.1) is 20.8 Å². The molecule has 8 nitrogen and oxygen atoms in total. The molecule has 2 bridgehead atoms. The number of rotatable bonds is 5. The van der Waals surface area contributed by atoms with Gasteiger partial charge in [0.15, 0.2) is 9.84 Å². The van der Waals surface area contributed by atoms with E-state index in [0.717, 1.165) is 31.4 Å². The van der Waals surface area contributed by atoms with Gasteiger partial charge in [-0.05, 0) is 52.5 Å². The van der Waals surface area contributed by atoms with Crippen molar-refractivity contribution in [3.05, 3.63) is 29.2 Å². The maximum Gasteiger partial charge on any atom is 0.233 e. The number of aromatic amines is 1. The molecular formula is C18H25N5O3S. The molecular weight excluding hydrogens is 366 g/mol. The SMILES string of the molecule is Cc1ccc(OC2C[C@H]3CC[C@@H](C2)N3CS(=O)(=O)c2c(C)n[nH]c2C)nn1. The van der Waals surface area contributed by atoms with Gasteiger partial charge in [0.25, 0.3) is 0 Å². The van der Waals surface area contributed by atoms with Crippen molar-refractivity contribution in [2.24, 2.45) is 0 Å². The van der Waals surface area contributed by atoms with Gasteiger partial charge in [-0.2, -0.15) is 10.2 Å². The van der Waals surface area contributed by atoms with Crippen molar-refractivity contribution in [1.29, 1.82) is 0 Å². The van der Waals surface area contributed by atoms with Gasteiger partial charge in [-0.15, -0.1) is 5.10 Å². The van der Waals surface area contributed by atoms with Crippen LogP contribution in [0.25, 0.3) is 0 Å². The Morgan fingerprint density at radius 2 is 1.85 bits per heavy atom. The van der Waals surface area contributed by atoms with Crippen LogP contribution in [0.3, 0.4) is 0 Å². The summed E-state index contributed by atoms with van der Waals surface area (Å²) in [5, 5.41) is 14.9. The molecule has 1 unspecified atom stereocenters. The van der Waals surface area contributed by atoms with Crippen LogP contribution in [0.2, 0.25) is 0 Å². The number of nitrogens with zero attached hydrogens (tertiary/aromatic N) is 4. The lowest BCUT2D eigenvalue weighted by Crippen LogP contribution is -2.48. The van der Waals surface area contributed by atoms with Crippen molar-refractivity contribution >= 4 is 9.84 Å². The number of aryl methyl sites for hydroxylation is 3. The highest BCUT2D eigenvalue weighted by Gasteiger charge is 2.44. The lowest BCUT2D eigenvalue weighted by molar-refractivity contribution is 0.0575. The first-order valence-electron chi connectivity index (χ1n) is 9.30. The summed E-state index contributed by atoms with van der Waals surface area (Å²) < 4.78 is 32.0. The zero-order chi connectivity index (χ0) is 19.2. The van der Waals surface area contributed by atoms with Crippen LogP contribution in [-0.4, -0.2) is 57.8 Å². The van der Waals surface area contributed by atoms with Crippen LogP contribution in [0.4, 0.5) is 0 Å². The average Bonchev–Trinajstić information content (AvgIpc) is 3.05. The van der Waals surface area contributed by atoms with Crippen molar-refractivity contribution in [2.45, 2.75) is 69.5 Å². The third-order valence-electron chi connectivity index (χ3n) is 5.59. The first-order chi connectivity index (χ1) is 12.8. The molecule has 4 rings (SSSR count). The van der Waals surface area contributed by atoms with Crippen LogP contribution < -0.4 is 4.74 Å². The minimum atomic E-state index is -3.42. The maximum absolute atomic E-state index is 13.0. The van der Waals surface area contributed by atoms with E-state index in [2.05, 4.69) is 25.3 Å². The van der Waals surface area contributed by atoms with Crippen molar-refractivity contribution in [3.8, 4) is 5.88 Å². The lowest BCUT2D eigenvalue weighted by atomic mass is 10.0. The average molecular weight is 391 g/mol. The standard InChI is InChI=1S/C18H25N5O3S/c1-11-4-7-17(22-19-11)26-16-8-14-5-6-15(9-16)23(14)10-27(24,25)18-12(2)20-21-13(18)3/h4,7,14-16H,5-6,8-10H2,1-3H3,(H,20,21)/t14-,15+,16?. The van der Waals surface area contributed by atoms with Crippen LogP contribution in [0.1, 0.15) is 42.8 Å². The van der Waals surface area contributed by atoms with Gasteiger partial charge >= 0.3 is 0 Å². The van der Waals surface area contributed by atoms with Gasteiger partial charge < -0.3 is 4.74 Å². The second-order valence-electron chi connectivity index (χ2n) is 7.63. The third kappa shape index (κ3) is 3.58. The van der Waals surface area contributed by atoms with Gasteiger partial charge in [0.1, 0.15) is 16.9 Å². The summed E-state index contributed by atoms with van der Waals surface area (Å²) in [6.07, 6.45) is 3.68. The van der Waals surface area contributed by atoms with E-state index in [1.54, 1.807) is 13.8 Å². The fourth-order valence-electron chi connectivity index (χ4n) is 4.41. The summed E-state index contributed by atoms with van der Waals surface area (Å²) in [5.74, 6) is 0.580. The molecule has 0 amide bonds. The number of sulfone groups is 1. The second kappa shape index (κ2) is 6.87. The highest BCUT2D eigenvalue weighted by atomic mass is 32.2. The number of ether oxygens (including phenoxy) is 1. The number of aromatic nitrogens is 4. The molecule has 3 atom stereocenters. The Morgan fingerprint density at radius 1 is 1.15 bits per heavy atom. The molecule has 0 saturated carbocycles. The Morgan fingerprint density at radius 3 is 2.41 bits per heavy atom. The molecule has 27 heavy (non-hydrogen) atoms. The van der Waals surface area contributed by atoms with E-state index in [1.165, 1.54) is 0 Å². The molecule has 0 aromatic carbocycles. The predicted molar refractivity (Wildman–Crippen MR) is 99.2 cm³/mol. The van der Waals surface area contributed by atoms with Gasteiger partial charge in [-0.3, -0.25) is 10.00 Å². The maximum atomic E-state index is 13.0. The topological polar surface area (TPSA) is 101 Å². The van der Waals surface area contributed by atoms with E-state index in [9.17, 15) is 8.42 Å². The molecule has 0 aliphatic carbocycles. The van der Waals surface area contributed by atoms with Gasteiger partial charge in [-0.25, -0.2) is 8.42 Å². The van der Waals surface area contributed by atoms with Crippen molar-refractivity contribution in [2.75, 3.05) is 5.88 Å². The molecule has 2 fully saturated rings. The molecule has 1 N–H and O–H groups in total. The van der Waals surface area contributed by atoms with E-state index >= 15 is 0 Å². The zero-order valence-corrected chi connectivity index (χ0v) is 16.7. The van der Waals surface area contributed by atoms with Gasteiger partial charge in [0.2, 0.25) is 5.88 Å². The molecule has 0 spiro atoms. The minimum absolute atomic E-state index is 0.0423. The van der Waals surface area contributed by atoms with Gasteiger partial charge in [-0.1, -0.05) is 0 Å². The number of hydrogen-bond donors (Lipinski definition) is 1. The highest BCUT2D eigenvalue weighted by molar-refractivity contribution is 7.91. The Hall–Kier alpha value is -2.00. The highest BCUT2D eigenvalue weighted by Crippen LogP contribution is 2.38. The first-order valence-corrected chi connectivity index (χ1v) is 11.0. The van der Waals surface area contributed by atoms with Gasteiger partial charge in [0.05, 0.1) is 17.1 Å². The predicted octanol–water partition coefficient (Wildman–Crippen LogP) is 1.93. The summed E-state index contributed by atoms with van der Waals surface area (Å²) in [4.78, 5) is 2.48. The summed E-state index contributed by atoms with van der Waals surface area (Å²) in [7, 11) is -3.42. The monoisotopic (exact) mass is 391 g/mol. The first kappa shape index (κ1) is 18.4. The summed E-state index contributed by atoms with van der Waals surface area (Å²) >= 11 is 0. The van der Waals surface area contributed by atoms with E-state index in [-0.39, 0.29) is 24.1 Å². The molecule has 146 valence electrons. The molecule has 2 aliphatic rings. The number of piperidine rings is 1. The minimum Gasteiger partial charge on any atom is -0.473 e. The number of hydrogen-bond acceptors (Lipinski definition) is 7. The zero-order valence-electron chi connectivity index (χ0n) is 15.8. The molecule has 2 aromatic heterocycles. The Bertz CT molecular complexity index is 891. The van der Waals surface area contributed by atoms with Crippen LogP contribution in [0.15, 0.2) is 17.0 Å². The van der Waals surface area contributed by atoms with Crippen LogP contribution in [-0.2, 0) is 9.84 Å². The molecule has 0 radical (unpaired) electrons. The summed E-state index contributed by atoms with van der Waals surface area (Å²) in [6.45, 7) is 5.37. The quantitative estimate of drug-likeness (QED) is 0.831. The van der Waals surface area contributed by atoms with Crippen molar-refractivity contribution in [1.82, 2.24) is 25.3 Å². The van der Waals surface area contributed by atoms with Crippen LogP contribution in [0.5, 0.6) is 5.88 Å². The molecule has 4 heterocycles. The van der Waals surface area contributed by atoms with Crippen LogP contribution >= 0.6 is 0 Å². The molecule has 2 aromatic rings.